The van der Waals surface area contributed by atoms with E-state index in [9.17, 15) is 4.79 Å². The summed E-state index contributed by atoms with van der Waals surface area (Å²) >= 11 is 5.91. The van der Waals surface area contributed by atoms with Crippen LogP contribution in [0.1, 0.15) is 45.1 Å². The zero-order valence-electron chi connectivity index (χ0n) is 11.7. The monoisotopic (exact) mass is 279 g/mol. The standard InChI is InChI=1S/C16H22ClNO/c1-16(2,13-7-9-14(17)10-8-13)11-18-15(19)12-5-3-4-6-12/h7-10,12H,3-6,11H2,1-2H3,(H,18,19). The van der Waals surface area contributed by atoms with Gasteiger partial charge in [0.25, 0.3) is 0 Å². The predicted octanol–water partition coefficient (Wildman–Crippen LogP) is 3.92. The molecule has 0 bridgehead atoms. The Hall–Kier alpha value is -1.02. The molecule has 0 aromatic heterocycles. The molecule has 0 spiro atoms. The highest BCUT2D eigenvalue weighted by atomic mass is 35.5. The summed E-state index contributed by atoms with van der Waals surface area (Å²) in [6.07, 6.45) is 4.48. The van der Waals surface area contributed by atoms with Crippen molar-refractivity contribution < 1.29 is 4.79 Å². The van der Waals surface area contributed by atoms with Gasteiger partial charge in [-0.1, -0.05) is 50.4 Å². The molecule has 1 fully saturated rings. The third-order valence-electron chi connectivity index (χ3n) is 4.06. The van der Waals surface area contributed by atoms with Crippen molar-refractivity contribution >= 4 is 17.5 Å². The SMILES string of the molecule is CC(C)(CNC(=O)C1CCCC1)c1ccc(Cl)cc1. The number of hydrogen-bond acceptors (Lipinski definition) is 1. The van der Waals surface area contributed by atoms with Crippen LogP contribution in [0.15, 0.2) is 24.3 Å². The normalized spacial score (nSPS) is 16.6. The first-order valence-corrected chi connectivity index (χ1v) is 7.40. The van der Waals surface area contributed by atoms with E-state index >= 15 is 0 Å². The van der Waals surface area contributed by atoms with Gasteiger partial charge >= 0.3 is 0 Å². The maximum Gasteiger partial charge on any atom is 0.223 e. The molecule has 1 aliphatic carbocycles. The molecule has 0 unspecified atom stereocenters. The van der Waals surface area contributed by atoms with Crippen molar-refractivity contribution in [2.75, 3.05) is 6.54 Å². The second-order valence-electron chi connectivity index (χ2n) is 6.09. The summed E-state index contributed by atoms with van der Waals surface area (Å²) in [6, 6.07) is 7.86. The molecule has 1 aromatic carbocycles. The maximum atomic E-state index is 12.0. The molecular formula is C16H22ClNO. The van der Waals surface area contributed by atoms with Gasteiger partial charge in [-0.15, -0.1) is 0 Å². The molecule has 2 nitrogen and oxygen atoms in total. The van der Waals surface area contributed by atoms with Crippen LogP contribution >= 0.6 is 11.6 Å². The first-order valence-electron chi connectivity index (χ1n) is 7.03. The Morgan fingerprint density at radius 3 is 2.42 bits per heavy atom. The zero-order valence-corrected chi connectivity index (χ0v) is 12.5. The average Bonchev–Trinajstić information content (AvgIpc) is 2.90. The van der Waals surface area contributed by atoms with Crippen molar-refractivity contribution in [2.24, 2.45) is 5.92 Å². The fourth-order valence-electron chi connectivity index (χ4n) is 2.64. The summed E-state index contributed by atoms with van der Waals surface area (Å²) in [7, 11) is 0. The molecule has 0 atom stereocenters. The highest BCUT2D eigenvalue weighted by Gasteiger charge is 2.26. The Morgan fingerprint density at radius 1 is 1.26 bits per heavy atom. The molecule has 2 rings (SSSR count). The van der Waals surface area contributed by atoms with Crippen LogP contribution in [0, 0.1) is 5.92 Å². The Morgan fingerprint density at radius 2 is 1.84 bits per heavy atom. The summed E-state index contributed by atoms with van der Waals surface area (Å²) in [5.74, 6) is 0.459. The Balaban J connectivity index is 1.93. The van der Waals surface area contributed by atoms with Crippen molar-refractivity contribution in [3.05, 3.63) is 34.9 Å². The lowest BCUT2D eigenvalue weighted by atomic mass is 9.84. The molecule has 1 N–H and O–H groups in total. The van der Waals surface area contributed by atoms with Crippen LogP contribution in [0.5, 0.6) is 0 Å². The van der Waals surface area contributed by atoms with E-state index in [-0.39, 0.29) is 17.2 Å². The van der Waals surface area contributed by atoms with Gasteiger partial charge in [0.2, 0.25) is 5.91 Å². The lowest BCUT2D eigenvalue weighted by Gasteiger charge is -2.26. The van der Waals surface area contributed by atoms with Gasteiger partial charge in [-0.05, 0) is 30.5 Å². The van der Waals surface area contributed by atoms with Crippen molar-refractivity contribution in [3.63, 3.8) is 0 Å². The number of rotatable bonds is 4. The fraction of sp³-hybridized carbons (Fsp3) is 0.562. The largest absolute Gasteiger partial charge is 0.355 e. The van der Waals surface area contributed by atoms with Crippen LogP contribution in [-0.4, -0.2) is 12.5 Å². The summed E-state index contributed by atoms with van der Waals surface area (Å²) in [5, 5.41) is 3.85. The van der Waals surface area contributed by atoms with Crippen molar-refractivity contribution in [3.8, 4) is 0 Å². The van der Waals surface area contributed by atoms with Crippen LogP contribution in [0.2, 0.25) is 5.02 Å². The molecule has 0 radical (unpaired) electrons. The van der Waals surface area contributed by atoms with Gasteiger partial charge in [0.15, 0.2) is 0 Å². The number of amides is 1. The maximum absolute atomic E-state index is 12.0. The second-order valence-corrected chi connectivity index (χ2v) is 6.53. The third-order valence-corrected chi connectivity index (χ3v) is 4.31. The minimum absolute atomic E-state index is 0.0706. The predicted molar refractivity (Wildman–Crippen MR) is 79.4 cm³/mol. The van der Waals surface area contributed by atoms with Crippen LogP contribution < -0.4 is 5.32 Å². The van der Waals surface area contributed by atoms with Crippen molar-refractivity contribution in [1.82, 2.24) is 5.32 Å². The van der Waals surface area contributed by atoms with E-state index < -0.39 is 0 Å². The fourth-order valence-corrected chi connectivity index (χ4v) is 2.77. The topological polar surface area (TPSA) is 29.1 Å². The van der Waals surface area contributed by atoms with Crippen molar-refractivity contribution in [2.45, 2.75) is 44.9 Å². The molecule has 1 amide bonds. The number of nitrogens with one attached hydrogen (secondary N) is 1. The first kappa shape index (κ1) is 14.4. The molecule has 19 heavy (non-hydrogen) atoms. The molecule has 1 aromatic rings. The highest BCUT2D eigenvalue weighted by molar-refractivity contribution is 6.30. The lowest BCUT2D eigenvalue weighted by molar-refractivity contribution is -0.125. The number of halogens is 1. The molecular weight excluding hydrogens is 258 g/mol. The smallest absolute Gasteiger partial charge is 0.223 e. The molecule has 3 heteroatoms. The molecule has 1 saturated carbocycles. The van der Waals surface area contributed by atoms with Crippen molar-refractivity contribution in [1.29, 1.82) is 0 Å². The van der Waals surface area contributed by atoms with Gasteiger partial charge in [-0.3, -0.25) is 4.79 Å². The minimum atomic E-state index is -0.0706. The minimum Gasteiger partial charge on any atom is -0.355 e. The van der Waals surface area contributed by atoms with E-state index in [1.165, 1.54) is 18.4 Å². The molecule has 0 heterocycles. The summed E-state index contributed by atoms with van der Waals surface area (Å²) in [4.78, 5) is 12.0. The second kappa shape index (κ2) is 5.96. The summed E-state index contributed by atoms with van der Waals surface area (Å²) in [5.41, 5.74) is 1.13. The Kier molecular flexibility index (Phi) is 4.51. The van der Waals surface area contributed by atoms with Crippen LogP contribution in [0.3, 0.4) is 0 Å². The third kappa shape index (κ3) is 3.73. The van der Waals surface area contributed by atoms with Crippen LogP contribution in [-0.2, 0) is 10.2 Å². The Bertz CT molecular complexity index is 433. The summed E-state index contributed by atoms with van der Waals surface area (Å²) < 4.78 is 0. The first-order chi connectivity index (χ1) is 8.99. The highest BCUT2D eigenvalue weighted by Crippen LogP contribution is 2.26. The number of carbonyl (C=O) groups excluding carboxylic acids is 1. The zero-order chi connectivity index (χ0) is 13.9. The van der Waals surface area contributed by atoms with Gasteiger partial charge in [-0.2, -0.15) is 0 Å². The van der Waals surface area contributed by atoms with E-state index in [4.69, 9.17) is 11.6 Å². The molecule has 104 valence electrons. The van der Waals surface area contributed by atoms with Gasteiger partial charge < -0.3 is 5.32 Å². The van der Waals surface area contributed by atoms with Gasteiger partial charge in [0.05, 0.1) is 0 Å². The Labute approximate surface area is 120 Å². The van der Waals surface area contributed by atoms with E-state index in [0.29, 0.717) is 6.54 Å². The number of benzene rings is 1. The molecule has 0 saturated heterocycles. The van der Waals surface area contributed by atoms with Gasteiger partial charge in [0, 0.05) is 22.9 Å². The van der Waals surface area contributed by atoms with Crippen LogP contribution in [0.25, 0.3) is 0 Å². The van der Waals surface area contributed by atoms with E-state index in [1.807, 2.05) is 24.3 Å². The number of carbonyl (C=O) groups is 1. The van der Waals surface area contributed by atoms with E-state index in [1.54, 1.807) is 0 Å². The quantitative estimate of drug-likeness (QED) is 0.889. The van der Waals surface area contributed by atoms with Gasteiger partial charge in [-0.25, -0.2) is 0 Å². The van der Waals surface area contributed by atoms with Crippen LogP contribution in [0.4, 0.5) is 0 Å². The molecule has 0 aliphatic heterocycles. The van der Waals surface area contributed by atoms with E-state index in [2.05, 4.69) is 19.2 Å². The number of hydrogen-bond donors (Lipinski definition) is 1. The lowest BCUT2D eigenvalue weighted by Crippen LogP contribution is -2.39. The summed E-state index contributed by atoms with van der Waals surface area (Å²) in [6.45, 7) is 4.96. The van der Waals surface area contributed by atoms with Gasteiger partial charge in [0.1, 0.15) is 0 Å². The average molecular weight is 280 g/mol. The molecule has 1 aliphatic rings. The van der Waals surface area contributed by atoms with E-state index in [0.717, 1.165) is 17.9 Å².